The molecular weight excluding hydrogens is 199 g/mol. The first kappa shape index (κ1) is 11.2. The highest BCUT2D eigenvalue weighted by Gasteiger charge is 2.08. The lowest BCUT2D eigenvalue weighted by Crippen LogP contribution is -2.02. The lowest BCUT2D eigenvalue weighted by Gasteiger charge is -2.00. The van der Waals surface area contributed by atoms with E-state index in [2.05, 4.69) is 16.6 Å². The molecule has 0 unspecified atom stereocenters. The molecule has 0 saturated heterocycles. The fourth-order valence-electron chi connectivity index (χ4n) is 1.00. The summed E-state index contributed by atoms with van der Waals surface area (Å²) < 4.78 is 17.6. The molecule has 0 aromatic heterocycles. The first-order valence-electron chi connectivity index (χ1n) is 4.16. The summed E-state index contributed by atoms with van der Waals surface area (Å²) in [6.45, 7) is -0.359. The van der Waals surface area contributed by atoms with Crippen molar-refractivity contribution in [1.29, 1.82) is 0 Å². The predicted molar refractivity (Wildman–Crippen MR) is 51.7 cm³/mol. The highest BCUT2D eigenvalue weighted by Crippen LogP contribution is 2.10. The number of rotatable bonds is 1. The molecule has 78 valence electrons. The van der Waals surface area contributed by atoms with Crippen molar-refractivity contribution in [2.75, 3.05) is 13.7 Å². The van der Waals surface area contributed by atoms with Gasteiger partial charge in [-0.15, -0.1) is 0 Å². The van der Waals surface area contributed by atoms with Crippen molar-refractivity contribution < 1.29 is 19.0 Å². The normalized spacial score (nSPS) is 9.00. The average molecular weight is 208 g/mol. The summed E-state index contributed by atoms with van der Waals surface area (Å²) in [6, 6.07) is 3.72. The fourth-order valence-corrected chi connectivity index (χ4v) is 1.00. The van der Waals surface area contributed by atoms with Crippen molar-refractivity contribution in [1.82, 2.24) is 0 Å². The summed E-state index contributed by atoms with van der Waals surface area (Å²) in [5.41, 5.74) is 0.285. The minimum absolute atomic E-state index is 0.0620. The number of hydrogen-bond acceptors (Lipinski definition) is 3. The Balaban J connectivity index is 3.10. The van der Waals surface area contributed by atoms with Crippen LogP contribution < -0.4 is 0 Å². The van der Waals surface area contributed by atoms with Crippen molar-refractivity contribution >= 4 is 5.97 Å². The molecule has 1 N–H and O–H groups in total. The van der Waals surface area contributed by atoms with Gasteiger partial charge in [-0.25, -0.2) is 9.18 Å². The van der Waals surface area contributed by atoms with Gasteiger partial charge in [-0.2, -0.15) is 0 Å². The van der Waals surface area contributed by atoms with Gasteiger partial charge in [0.05, 0.1) is 18.2 Å². The van der Waals surface area contributed by atoms with Crippen LogP contribution in [0.4, 0.5) is 4.39 Å². The number of carbonyl (C=O) groups is 1. The van der Waals surface area contributed by atoms with Crippen LogP contribution >= 0.6 is 0 Å². The third kappa shape index (κ3) is 2.79. The zero-order valence-electron chi connectivity index (χ0n) is 8.08. The molecule has 15 heavy (non-hydrogen) atoms. The molecule has 0 bridgehead atoms. The van der Waals surface area contributed by atoms with Crippen LogP contribution in [0.3, 0.4) is 0 Å². The number of ether oxygens (including phenoxy) is 1. The molecule has 0 saturated carbocycles. The summed E-state index contributed by atoms with van der Waals surface area (Å²) in [4.78, 5) is 11.1. The molecule has 0 aliphatic heterocycles. The van der Waals surface area contributed by atoms with Gasteiger partial charge in [-0.3, -0.25) is 0 Å². The Bertz CT molecular complexity index is 429. The number of aliphatic hydroxyl groups is 1. The molecule has 1 rings (SSSR count). The lowest BCUT2D eigenvalue weighted by atomic mass is 10.1. The standard InChI is InChI=1S/C11H9FO3/c1-15-11(14)9-4-5-10(12)8(7-9)3-2-6-13/h4-5,7,13H,6H2,1H3. The smallest absolute Gasteiger partial charge is 0.337 e. The quantitative estimate of drug-likeness (QED) is 0.552. The van der Waals surface area contributed by atoms with E-state index in [1.165, 1.54) is 19.2 Å². The Kier molecular flexibility index (Phi) is 3.83. The summed E-state index contributed by atoms with van der Waals surface area (Å²) >= 11 is 0. The van der Waals surface area contributed by atoms with E-state index in [0.29, 0.717) is 0 Å². The number of carbonyl (C=O) groups excluding carboxylic acids is 1. The van der Waals surface area contributed by atoms with E-state index < -0.39 is 11.8 Å². The number of methoxy groups -OCH3 is 1. The van der Waals surface area contributed by atoms with E-state index >= 15 is 0 Å². The van der Waals surface area contributed by atoms with Gasteiger partial charge in [0.25, 0.3) is 0 Å². The molecule has 1 aromatic rings. The van der Waals surface area contributed by atoms with Crippen LogP contribution in [0.5, 0.6) is 0 Å². The second kappa shape index (κ2) is 5.13. The van der Waals surface area contributed by atoms with Gasteiger partial charge < -0.3 is 9.84 Å². The molecule has 3 nitrogen and oxygen atoms in total. The first-order chi connectivity index (χ1) is 7.19. The van der Waals surface area contributed by atoms with Crippen LogP contribution in [0, 0.1) is 17.7 Å². The molecule has 0 aliphatic carbocycles. The Morgan fingerprint density at radius 3 is 2.93 bits per heavy atom. The number of hydrogen-bond donors (Lipinski definition) is 1. The van der Waals surface area contributed by atoms with Gasteiger partial charge in [-0.1, -0.05) is 11.8 Å². The average Bonchev–Trinajstić information content (AvgIpc) is 2.27. The maximum absolute atomic E-state index is 13.1. The van der Waals surface area contributed by atoms with Gasteiger partial charge in [0.15, 0.2) is 0 Å². The van der Waals surface area contributed by atoms with Crippen molar-refractivity contribution in [3.63, 3.8) is 0 Å². The zero-order chi connectivity index (χ0) is 11.3. The van der Waals surface area contributed by atoms with Gasteiger partial charge >= 0.3 is 5.97 Å². The molecule has 0 amide bonds. The van der Waals surface area contributed by atoms with Gasteiger partial charge in [0, 0.05) is 0 Å². The number of benzene rings is 1. The maximum Gasteiger partial charge on any atom is 0.337 e. The monoisotopic (exact) mass is 208 g/mol. The van der Waals surface area contributed by atoms with Crippen LogP contribution in [-0.2, 0) is 4.74 Å². The molecule has 4 heteroatoms. The number of halogens is 1. The molecule has 0 spiro atoms. The van der Waals surface area contributed by atoms with Gasteiger partial charge in [-0.05, 0) is 18.2 Å². The van der Waals surface area contributed by atoms with Crippen LogP contribution in [0.1, 0.15) is 15.9 Å². The van der Waals surface area contributed by atoms with Crippen LogP contribution in [0.2, 0.25) is 0 Å². The Labute approximate surface area is 86.5 Å². The Morgan fingerprint density at radius 1 is 1.60 bits per heavy atom. The summed E-state index contributed by atoms with van der Waals surface area (Å²) in [5.74, 6) is 3.61. The summed E-state index contributed by atoms with van der Waals surface area (Å²) in [5, 5.41) is 8.46. The lowest BCUT2D eigenvalue weighted by molar-refractivity contribution is 0.0600. The minimum Gasteiger partial charge on any atom is -0.465 e. The highest BCUT2D eigenvalue weighted by molar-refractivity contribution is 5.89. The Morgan fingerprint density at radius 2 is 2.33 bits per heavy atom. The van der Waals surface area contributed by atoms with Crippen LogP contribution in [0.25, 0.3) is 0 Å². The fraction of sp³-hybridized carbons (Fsp3) is 0.182. The van der Waals surface area contributed by atoms with Crippen molar-refractivity contribution in [3.8, 4) is 11.8 Å². The second-order valence-corrected chi connectivity index (χ2v) is 2.65. The van der Waals surface area contributed by atoms with E-state index in [9.17, 15) is 9.18 Å². The van der Waals surface area contributed by atoms with Crippen LogP contribution in [-0.4, -0.2) is 24.8 Å². The number of esters is 1. The third-order valence-corrected chi connectivity index (χ3v) is 1.69. The van der Waals surface area contributed by atoms with Gasteiger partial charge in [0.2, 0.25) is 0 Å². The first-order valence-corrected chi connectivity index (χ1v) is 4.16. The van der Waals surface area contributed by atoms with E-state index in [4.69, 9.17) is 5.11 Å². The molecular formula is C11H9FO3. The molecule has 0 radical (unpaired) electrons. The molecule has 0 aliphatic rings. The van der Waals surface area contributed by atoms with E-state index in [-0.39, 0.29) is 17.7 Å². The highest BCUT2D eigenvalue weighted by atomic mass is 19.1. The number of aliphatic hydroxyl groups excluding tert-OH is 1. The maximum atomic E-state index is 13.1. The second-order valence-electron chi connectivity index (χ2n) is 2.65. The summed E-state index contributed by atoms with van der Waals surface area (Å²) in [7, 11) is 1.24. The van der Waals surface area contributed by atoms with E-state index in [0.717, 1.165) is 6.07 Å². The van der Waals surface area contributed by atoms with E-state index in [1.54, 1.807) is 0 Å². The summed E-state index contributed by atoms with van der Waals surface area (Å²) in [6.07, 6.45) is 0. The SMILES string of the molecule is COC(=O)c1ccc(F)c(C#CCO)c1. The largest absolute Gasteiger partial charge is 0.465 e. The Hall–Kier alpha value is -1.86. The van der Waals surface area contributed by atoms with Crippen molar-refractivity contribution in [2.24, 2.45) is 0 Å². The topological polar surface area (TPSA) is 46.5 Å². The minimum atomic E-state index is -0.554. The van der Waals surface area contributed by atoms with Crippen molar-refractivity contribution in [2.45, 2.75) is 0 Å². The molecule has 0 fully saturated rings. The molecule has 1 aromatic carbocycles. The predicted octanol–water partition coefficient (Wildman–Crippen LogP) is 0.956. The molecule has 0 heterocycles. The molecule has 0 atom stereocenters. The zero-order valence-corrected chi connectivity index (χ0v) is 8.08. The van der Waals surface area contributed by atoms with Crippen molar-refractivity contribution in [3.05, 3.63) is 35.1 Å². The van der Waals surface area contributed by atoms with E-state index in [1.807, 2.05) is 0 Å². The van der Waals surface area contributed by atoms with Crippen LogP contribution in [0.15, 0.2) is 18.2 Å². The van der Waals surface area contributed by atoms with Gasteiger partial charge in [0.1, 0.15) is 12.4 Å². The third-order valence-electron chi connectivity index (χ3n) is 1.69.